The molecule has 0 spiro atoms. The van der Waals surface area contributed by atoms with E-state index in [0.717, 1.165) is 50.8 Å². The lowest BCUT2D eigenvalue weighted by Crippen LogP contribution is -2.46. The average molecular weight is 594 g/mol. The fourth-order valence-electron chi connectivity index (χ4n) is 6.54. The van der Waals surface area contributed by atoms with Crippen LogP contribution in [0.5, 0.6) is 5.75 Å². The normalized spacial score (nSPS) is 15.3. The number of ether oxygens (including phenoxy) is 2. The van der Waals surface area contributed by atoms with Gasteiger partial charge < -0.3 is 14.4 Å². The van der Waals surface area contributed by atoms with Crippen LogP contribution >= 0.6 is 12.4 Å². The summed E-state index contributed by atoms with van der Waals surface area (Å²) in [5, 5.41) is 0. The third-order valence-corrected chi connectivity index (χ3v) is 8.95. The van der Waals surface area contributed by atoms with Crippen LogP contribution in [-0.2, 0) is 9.53 Å². The van der Waals surface area contributed by atoms with Crippen LogP contribution in [0.2, 0.25) is 0 Å². The lowest BCUT2D eigenvalue weighted by molar-refractivity contribution is -0.167. The predicted octanol–water partition coefficient (Wildman–Crippen LogP) is 10.7. The van der Waals surface area contributed by atoms with Crippen molar-refractivity contribution in [3.63, 3.8) is 0 Å². The zero-order chi connectivity index (χ0) is 28.9. The maximum Gasteiger partial charge on any atom is 0.306 e. The van der Waals surface area contributed by atoms with Crippen LogP contribution in [0.3, 0.4) is 0 Å². The Morgan fingerprint density at radius 2 is 1.22 bits per heavy atom. The first-order chi connectivity index (χ1) is 19.5. The quantitative estimate of drug-likeness (QED) is 0.0934. The third kappa shape index (κ3) is 15.7. The van der Waals surface area contributed by atoms with E-state index in [2.05, 4.69) is 38.1 Å². The van der Waals surface area contributed by atoms with Gasteiger partial charge in [-0.2, -0.15) is 0 Å². The zero-order valence-corrected chi connectivity index (χ0v) is 28.0. The Kier molecular flexibility index (Phi) is 21.4. The Morgan fingerprint density at radius 1 is 0.756 bits per heavy atom. The third-order valence-electron chi connectivity index (χ3n) is 8.95. The van der Waals surface area contributed by atoms with Crippen LogP contribution in [-0.4, -0.2) is 44.2 Å². The maximum atomic E-state index is 13.1. The van der Waals surface area contributed by atoms with E-state index in [9.17, 15) is 4.79 Å². The molecule has 0 amide bonds. The number of benzene rings is 1. The number of halogens is 1. The van der Waals surface area contributed by atoms with Gasteiger partial charge in [0.1, 0.15) is 11.4 Å². The monoisotopic (exact) mass is 593 g/mol. The molecule has 4 nitrogen and oxygen atoms in total. The lowest BCUT2D eigenvalue weighted by atomic mass is 9.72. The topological polar surface area (TPSA) is 38.8 Å². The zero-order valence-electron chi connectivity index (χ0n) is 27.2. The van der Waals surface area contributed by atoms with Gasteiger partial charge in [0.2, 0.25) is 0 Å². The Bertz CT molecular complexity index is 761. The number of carbonyl (C=O) groups excluding carboxylic acids is 1. The van der Waals surface area contributed by atoms with Gasteiger partial charge in [-0.05, 0) is 63.9 Å². The van der Waals surface area contributed by atoms with Gasteiger partial charge in [-0.15, -0.1) is 12.4 Å². The molecular formula is C36H64ClNO3. The van der Waals surface area contributed by atoms with Crippen molar-refractivity contribution in [3.05, 3.63) is 29.8 Å². The van der Waals surface area contributed by atoms with Crippen molar-refractivity contribution in [2.24, 2.45) is 0 Å². The number of nitrogens with zero attached hydrogens (tertiary/aromatic N) is 1. The van der Waals surface area contributed by atoms with E-state index in [0.29, 0.717) is 6.42 Å². The smallest absolute Gasteiger partial charge is 0.306 e. The highest BCUT2D eigenvalue weighted by atomic mass is 35.5. The number of hydrogen-bond acceptors (Lipinski definition) is 4. The summed E-state index contributed by atoms with van der Waals surface area (Å²) in [4.78, 5) is 15.4. The van der Waals surface area contributed by atoms with Gasteiger partial charge in [0.25, 0.3) is 0 Å². The molecule has 238 valence electrons. The number of likely N-dealkylation sites (N-methyl/N-ethyl adjacent to an activating group) is 1. The molecule has 1 saturated carbocycles. The van der Waals surface area contributed by atoms with E-state index in [1.165, 1.54) is 102 Å². The molecule has 0 aromatic heterocycles. The summed E-state index contributed by atoms with van der Waals surface area (Å²) in [5.74, 6) is 1.04. The highest BCUT2D eigenvalue weighted by molar-refractivity contribution is 5.85. The van der Waals surface area contributed by atoms with Gasteiger partial charge in [-0.25, -0.2) is 0 Å². The van der Waals surface area contributed by atoms with E-state index in [1.807, 2.05) is 12.1 Å². The molecule has 1 unspecified atom stereocenters. The van der Waals surface area contributed by atoms with Gasteiger partial charge in [0.05, 0.1) is 7.11 Å². The summed E-state index contributed by atoms with van der Waals surface area (Å²) in [7, 11) is 5.94. The number of hydrogen-bond donors (Lipinski definition) is 0. The number of rotatable bonds is 23. The summed E-state index contributed by atoms with van der Waals surface area (Å²) in [6.07, 6.45) is 27.5. The highest BCUT2D eigenvalue weighted by Crippen LogP contribution is 2.44. The van der Waals surface area contributed by atoms with Crippen molar-refractivity contribution in [2.45, 2.75) is 160 Å². The van der Waals surface area contributed by atoms with Crippen LogP contribution in [0.15, 0.2) is 24.3 Å². The number of esters is 1. The molecule has 0 saturated heterocycles. The summed E-state index contributed by atoms with van der Waals surface area (Å²) in [6, 6.07) is 8.39. The minimum Gasteiger partial charge on any atom is -0.497 e. The van der Waals surface area contributed by atoms with E-state index in [4.69, 9.17) is 9.47 Å². The highest BCUT2D eigenvalue weighted by Gasteiger charge is 2.44. The van der Waals surface area contributed by atoms with Crippen molar-refractivity contribution in [1.29, 1.82) is 0 Å². The van der Waals surface area contributed by atoms with Gasteiger partial charge in [-0.3, -0.25) is 4.79 Å². The van der Waals surface area contributed by atoms with Gasteiger partial charge in [0.15, 0.2) is 0 Å². The van der Waals surface area contributed by atoms with Gasteiger partial charge in [-0.1, -0.05) is 122 Å². The Morgan fingerprint density at radius 3 is 1.66 bits per heavy atom. The van der Waals surface area contributed by atoms with E-state index in [1.54, 1.807) is 7.11 Å². The Balaban J connectivity index is 0.00000840. The number of methoxy groups -OCH3 is 1. The van der Waals surface area contributed by atoms with Crippen LogP contribution in [0.25, 0.3) is 0 Å². The second-order valence-electron chi connectivity index (χ2n) is 12.7. The minimum atomic E-state index is -0.400. The fraction of sp³-hybridized carbons (Fsp3) is 0.806. The molecule has 1 atom stereocenters. The number of carbonyl (C=O) groups is 1. The average Bonchev–Trinajstić information content (AvgIpc) is 2.96. The Labute approximate surface area is 260 Å². The van der Waals surface area contributed by atoms with E-state index in [-0.39, 0.29) is 24.3 Å². The van der Waals surface area contributed by atoms with Crippen molar-refractivity contribution in [2.75, 3.05) is 27.7 Å². The standard InChI is InChI=1S/C36H63NO3.ClH/c1-5-6-7-8-9-10-11-12-13-14-15-16-17-18-19-21-24-35(38)40-36(29-22-20-23-30-36)34(31-37(2)3)32-25-27-33(39-4)28-26-32;/h25-28,34H,5-24,29-31H2,1-4H3;1H. The van der Waals surface area contributed by atoms with Gasteiger partial charge >= 0.3 is 5.97 Å². The molecule has 1 fully saturated rings. The summed E-state index contributed by atoms with van der Waals surface area (Å²) in [5.41, 5.74) is 0.843. The largest absolute Gasteiger partial charge is 0.497 e. The molecule has 41 heavy (non-hydrogen) atoms. The molecule has 0 N–H and O–H groups in total. The first-order valence-electron chi connectivity index (χ1n) is 17.0. The molecule has 1 aliphatic carbocycles. The first-order valence-corrected chi connectivity index (χ1v) is 17.0. The SMILES string of the molecule is CCCCCCCCCCCCCCCCCCC(=O)OC1(C(CN(C)C)c2ccc(OC)cc2)CCCCC1.Cl. The number of unbranched alkanes of at least 4 members (excludes halogenated alkanes) is 15. The summed E-state index contributed by atoms with van der Waals surface area (Å²) in [6.45, 7) is 3.16. The van der Waals surface area contributed by atoms with Crippen molar-refractivity contribution < 1.29 is 14.3 Å². The molecule has 5 heteroatoms. The predicted molar refractivity (Wildman–Crippen MR) is 178 cm³/mol. The van der Waals surface area contributed by atoms with E-state index < -0.39 is 5.60 Å². The Hall–Kier alpha value is -1.26. The molecule has 2 rings (SSSR count). The summed E-state index contributed by atoms with van der Waals surface area (Å²) >= 11 is 0. The van der Waals surface area contributed by atoms with Crippen LogP contribution in [0, 0.1) is 0 Å². The molecule has 1 aliphatic rings. The molecule has 0 aliphatic heterocycles. The molecule has 0 radical (unpaired) electrons. The van der Waals surface area contributed by atoms with Gasteiger partial charge in [0, 0.05) is 18.9 Å². The maximum absolute atomic E-state index is 13.1. The molecule has 1 aromatic rings. The molecular weight excluding hydrogens is 530 g/mol. The summed E-state index contributed by atoms with van der Waals surface area (Å²) < 4.78 is 11.9. The minimum absolute atomic E-state index is 0. The lowest BCUT2D eigenvalue weighted by Gasteiger charge is -2.44. The van der Waals surface area contributed by atoms with Crippen LogP contribution in [0.1, 0.15) is 160 Å². The molecule has 0 bridgehead atoms. The van der Waals surface area contributed by atoms with Crippen molar-refractivity contribution in [1.82, 2.24) is 4.90 Å². The molecule has 0 heterocycles. The van der Waals surface area contributed by atoms with Crippen LogP contribution < -0.4 is 4.74 Å². The fourth-order valence-corrected chi connectivity index (χ4v) is 6.54. The van der Waals surface area contributed by atoms with Crippen LogP contribution in [0.4, 0.5) is 0 Å². The first kappa shape index (κ1) is 37.8. The second-order valence-corrected chi connectivity index (χ2v) is 12.7. The van der Waals surface area contributed by atoms with Crippen molar-refractivity contribution >= 4 is 18.4 Å². The van der Waals surface area contributed by atoms with Crippen molar-refractivity contribution in [3.8, 4) is 5.75 Å². The molecule has 1 aromatic carbocycles. The second kappa shape index (κ2) is 23.2. The van der Waals surface area contributed by atoms with E-state index >= 15 is 0 Å².